The van der Waals surface area contributed by atoms with E-state index in [9.17, 15) is 0 Å². The number of pyridine rings is 1. The van der Waals surface area contributed by atoms with Gasteiger partial charge >= 0.3 is 0 Å². The van der Waals surface area contributed by atoms with Gasteiger partial charge in [0, 0.05) is 22.7 Å². The Morgan fingerprint density at radius 1 is 1.30 bits per heavy atom. The van der Waals surface area contributed by atoms with Gasteiger partial charge in [0.25, 0.3) is 0 Å². The Kier molecular flexibility index (Phi) is 3.78. The number of hydrogen-bond donors (Lipinski definition) is 0. The number of methoxy groups -OCH3 is 1. The molecule has 0 saturated carbocycles. The number of fused-ring (bicyclic) bond motifs is 2. The first-order valence-corrected chi connectivity index (χ1v) is 7.19. The fourth-order valence-electron chi connectivity index (χ4n) is 2.16. The number of halogens is 2. The standard InChI is InChI=1S/C15H11BrClNO2/c1-19-5-4-10-11-6-9(16)2-3-13(11)20-14-8-18-15(17)7-12(10)14/h2-4,6-8H,5H2,1H3. The maximum absolute atomic E-state index is 6.00. The number of rotatable bonds is 2. The molecule has 0 N–H and O–H groups in total. The van der Waals surface area contributed by atoms with E-state index in [4.69, 9.17) is 21.1 Å². The fourth-order valence-corrected chi connectivity index (χ4v) is 2.68. The lowest BCUT2D eigenvalue weighted by Crippen LogP contribution is -2.04. The molecule has 0 atom stereocenters. The Bertz CT molecular complexity index is 647. The zero-order valence-corrected chi connectivity index (χ0v) is 13.0. The molecule has 3 nitrogen and oxygen atoms in total. The van der Waals surface area contributed by atoms with E-state index in [0.717, 1.165) is 26.9 Å². The molecule has 20 heavy (non-hydrogen) atoms. The van der Waals surface area contributed by atoms with Crippen LogP contribution in [0.2, 0.25) is 5.15 Å². The molecule has 0 saturated heterocycles. The monoisotopic (exact) mass is 351 g/mol. The van der Waals surface area contributed by atoms with Crippen LogP contribution >= 0.6 is 27.5 Å². The highest BCUT2D eigenvalue weighted by molar-refractivity contribution is 9.10. The number of nitrogens with zero attached hydrogens (tertiary/aromatic N) is 1. The van der Waals surface area contributed by atoms with Gasteiger partial charge in [-0.25, -0.2) is 4.98 Å². The summed E-state index contributed by atoms with van der Waals surface area (Å²) in [5, 5.41) is 0.439. The van der Waals surface area contributed by atoms with E-state index in [-0.39, 0.29) is 0 Å². The van der Waals surface area contributed by atoms with Crippen LogP contribution in [0.3, 0.4) is 0 Å². The van der Waals surface area contributed by atoms with Gasteiger partial charge in [-0.2, -0.15) is 0 Å². The summed E-state index contributed by atoms with van der Waals surface area (Å²) in [5.74, 6) is 1.50. The Morgan fingerprint density at radius 2 is 2.10 bits per heavy atom. The largest absolute Gasteiger partial charge is 0.454 e. The molecular formula is C15H11BrClNO2. The van der Waals surface area contributed by atoms with E-state index >= 15 is 0 Å². The highest BCUT2D eigenvalue weighted by Gasteiger charge is 2.22. The molecule has 1 aliphatic heterocycles. The average molecular weight is 353 g/mol. The smallest absolute Gasteiger partial charge is 0.153 e. The molecule has 0 fully saturated rings. The molecule has 2 heterocycles. The molecule has 102 valence electrons. The van der Waals surface area contributed by atoms with Crippen molar-refractivity contribution in [3.05, 3.63) is 57.3 Å². The Hall–Kier alpha value is -1.36. The summed E-state index contributed by atoms with van der Waals surface area (Å²) in [6, 6.07) is 7.70. The van der Waals surface area contributed by atoms with Gasteiger partial charge in [0.05, 0.1) is 12.8 Å². The van der Waals surface area contributed by atoms with Gasteiger partial charge in [-0.05, 0) is 29.8 Å². The summed E-state index contributed by atoms with van der Waals surface area (Å²) in [7, 11) is 1.67. The van der Waals surface area contributed by atoms with Gasteiger partial charge < -0.3 is 9.47 Å². The van der Waals surface area contributed by atoms with Crippen molar-refractivity contribution in [3.63, 3.8) is 0 Å². The molecule has 0 radical (unpaired) electrons. The molecule has 3 rings (SSSR count). The van der Waals surface area contributed by atoms with Crippen molar-refractivity contribution in [2.24, 2.45) is 0 Å². The third-order valence-corrected chi connectivity index (χ3v) is 3.73. The molecule has 1 aromatic heterocycles. The van der Waals surface area contributed by atoms with Crippen molar-refractivity contribution in [1.82, 2.24) is 4.98 Å². The summed E-state index contributed by atoms with van der Waals surface area (Å²) in [4.78, 5) is 4.07. The third kappa shape index (κ3) is 2.46. The Labute approximate surface area is 130 Å². The van der Waals surface area contributed by atoms with Crippen LogP contribution in [0.5, 0.6) is 11.5 Å². The highest BCUT2D eigenvalue weighted by Crippen LogP contribution is 2.44. The normalized spacial score (nSPS) is 14.7. The molecule has 1 aliphatic rings. The second kappa shape index (κ2) is 5.56. The predicted octanol–water partition coefficient (Wildman–Crippen LogP) is 4.68. The summed E-state index contributed by atoms with van der Waals surface area (Å²) < 4.78 is 12.0. The van der Waals surface area contributed by atoms with E-state index < -0.39 is 0 Å². The molecule has 0 amide bonds. The zero-order valence-electron chi connectivity index (χ0n) is 10.7. The topological polar surface area (TPSA) is 31.4 Å². The summed E-state index contributed by atoms with van der Waals surface area (Å²) >= 11 is 9.49. The summed E-state index contributed by atoms with van der Waals surface area (Å²) in [5.41, 5.74) is 2.97. The molecule has 1 aromatic carbocycles. The minimum atomic E-state index is 0.439. The van der Waals surface area contributed by atoms with Gasteiger partial charge in [-0.15, -0.1) is 0 Å². The minimum absolute atomic E-state index is 0.439. The summed E-state index contributed by atoms with van der Waals surface area (Å²) in [6.07, 6.45) is 3.66. The van der Waals surface area contributed by atoms with Crippen LogP contribution in [0.25, 0.3) is 5.57 Å². The van der Waals surface area contributed by atoms with Crippen LogP contribution in [0, 0.1) is 0 Å². The second-order valence-electron chi connectivity index (χ2n) is 4.32. The average Bonchev–Trinajstić information content (AvgIpc) is 2.44. The van der Waals surface area contributed by atoms with Crippen LogP contribution in [-0.2, 0) is 4.74 Å². The van der Waals surface area contributed by atoms with E-state index in [2.05, 4.69) is 20.9 Å². The van der Waals surface area contributed by atoms with Crippen molar-refractivity contribution < 1.29 is 9.47 Å². The minimum Gasteiger partial charge on any atom is -0.454 e. The highest BCUT2D eigenvalue weighted by atomic mass is 79.9. The van der Waals surface area contributed by atoms with Crippen LogP contribution in [0.15, 0.2) is 41.0 Å². The molecule has 0 bridgehead atoms. The molecule has 0 aliphatic carbocycles. The van der Waals surface area contributed by atoms with Crippen LogP contribution in [-0.4, -0.2) is 18.7 Å². The molecule has 5 heteroatoms. The van der Waals surface area contributed by atoms with E-state index in [1.54, 1.807) is 13.3 Å². The lowest BCUT2D eigenvalue weighted by atomic mass is 9.95. The second-order valence-corrected chi connectivity index (χ2v) is 5.62. The van der Waals surface area contributed by atoms with Crippen molar-refractivity contribution >= 4 is 33.1 Å². The molecule has 0 unspecified atom stereocenters. The molecular weight excluding hydrogens is 342 g/mol. The van der Waals surface area contributed by atoms with Crippen LogP contribution in [0.1, 0.15) is 11.1 Å². The number of ether oxygens (including phenoxy) is 2. The Morgan fingerprint density at radius 3 is 2.90 bits per heavy atom. The van der Waals surface area contributed by atoms with Crippen molar-refractivity contribution in [1.29, 1.82) is 0 Å². The van der Waals surface area contributed by atoms with E-state index in [0.29, 0.717) is 17.5 Å². The van der Waals surface area contributed by atoms with Gasteiger partial charge in [-0.3, -0.25) is 0 Å². The quantitative estimate of drug-likeness (QED) is 0.627. The van der Waals surface area contributed by atoms with Gasteiger partial charge in [0.2, 0.25) is 0 Å². The van der Waals surface area contributed by atoms with E-state index in [1.807, 2.05) is 30.3 Å². The molecule has 2 aromatic rings. The molecule has 0 spiro atoms. The van der Waals surface area contributed by atoms with Gasteiger partial charge in [0.15, 0.2) is 5.75 Å². The Balaban J connectivity index is 2.21. The maximum atomic E-state index is 6.00. The van der Waals surface area contributed by atoms with Crippen molar-refractivity contribution in [3.8, 4) is 11.5 Å². The van der Waals surface area contributed by atoms with Crippen molar-refractivity contribution in [2.75, 3.05) is 13.7 Å². The first-order valence-electron chi connectivity index (χ1n) is 6.02. The van der Waals surface area contributed by atoms with E-state index in [1.165, 1.54) is 0 Å². The van der Waals surface area contributed by atoms with Crippen LogP contribution in [0.4, 0.5) is 0 Å². The number of aromatic nitrogens is 1. The SMILES string of the molecule is COCC=C1c2cc(Br)ccc2Oc2cnc(Cl)cc21. The van der Waals surface area contributed by atoms with Gasteiger partial charge in [-0.1, -0.05) is 33.6 Å². The first kappa shape index (κ1) is 13.6. The van der Waals surface area contributed by atoms with Crippen molar-refractivity contribution in [2.45, 2.75) is 0 Å². The first-order chi connectivity index (χ1) is 9.69. The summed E-state index contributed by atoms with van der Waals surface area (Å²) in [6.45, 7) is 0.515. The number of benzene rings is 1. The maximum Gasteiger partial charge on any atom is 0.153 e. The zero-order chi connectivity index (χ0) is 14.1. The lowest BCUT2D eigenvalue weighted by Gasteiger charge is -2.23. The number of hydrogen-bond acceptors (Lipinski definition) is 3. The third-order valence-electron chi connectivity index (χ3n) is 3.03. The lowest BCUT2D eigenvalue weighted by molar-refractivity contribution is 0.234. The van der Waals surface area contributed by atoms with Crippen LogP contribution < -0.4 is 4.74 Å². The fraction of sp³-hybridized carbons (Fsp3) is 0.133. The predicted molar refractivity (Wildman–Crippen MR) is 82.4 cm³/mol. The van der Waals surface area contributed by atoms with Gasteiger partial charge in [0.1, 0.15) is 10.9 Å².